The number of rotatable bonds is 0. The van der Waals surface area contributed by atoms with Crippen LogP contribution in [0.2, 0.25) is 0 Å². The molecule has 2 nitrogen and oxygen atoms in total. The Hall–Kier alpha value is -1.88. The molecule has 0 amide bonds. The van der Waals surface area contributed by atoms with E-state index in [0.717, 1.165) is 10.8 Å². The highest BCUT2D eigenvalue weighted by atomic mass is 14.8. The Morgan fingerprint density at radius 1 is 1.17 bits per heavy atom. The molecular weight excluding hydrogens is 148 g/mol. The van der Waals surface area contributed by atoms with Gasteiger partial charge in [-0.2, -0.15) is 0 Å². The fraction of sp³-hybridized carbons (Fsp3) is 0. The molecule has 2 rings (SSSR count). The minimum Gasteiger partial charge on any atom is -0.361 e. The third-order valence-corrected chi connectivity index (χ3v) is 1.73. The summed E-state index contributed by atoms with van der Waals surface area (Å²) < 4.78 is 0. The zero-order chi connectivity index (χ0) is 8.39. The molecule has 0 radical (unpaired) electrons. The van der Waals surface area contributed by atoms with Crippen LogP contribution in [-0.2, 0) is 0 Å². The van der Waals surface area contributed by atoms with E-state index >= 15 is 0 Å². The van der Waals surface area contributed by atoms with Crippen LogP contribution in [0.1, 0.15) is 0 Å². The molecule has 0 atom stereocenters. The average Bonchev–Trinajstić information content (AvgIpc) is 2.17. The number of hydrogen-bond acceptors (Lipinski definition) is 1. The molecule has 0 aliphatic rings. The molecule has 1 heterocycles. The molecule has 0 aliphatic heterocycles. The summed E-state index contributed by atoms with van der Waals surface area (Å²) in [5.41, 5.74) is 0. The van der Waals surface area contributed by atoms with Crippen LogP contribution in [0.15, 0.2) is 36.5 Å². The molecule has 12 heavy (non-hydrogen) atoms. The molecule has 1 aromatic heterocycles. The maximum absolute atomic E-state index is 6.78. The van der Waals surface area contributed by atoms with Gasteiger partial charge < -0.3 is 4.85 Å². The van der Waals surface area contributed by atoms with Crippen LogP contribution in [0.25, 0.3) is 15.6 Å². The van der Waals surface area contributed by atoms with E-state index in [2.05, 4.69) is 9.83 Å². The first-order valence-corrected chi connectivity index (χ1v) is 3.62. The number of nitrogens with zero attached hydrogens (tertiary/aromatic N) is 2. The molecule has 56 valence electrons. The first kappa shape index (κ1) is 6.81. The molecule has 0 unspecified atom stereocenters. The van der Waals surface area contributed by atoms with E-state index in [4.69, 9.17) is 6.57 Å². The van der Waals surface area contributed by atoms with Crippen molar-refractivity contribution < 1.29 is 0 Å². The fourth-order valence-corrected chi connectivity index (χ4v) is 1.13. The number of aromatic nitrogens is 1. The first-order chi connectivity index (χ1) is 5.90. The molecule has 1 aromatic carbocycles. The van der Waals surface area contributed by atoms with Crippen LogP contribution in [-0.4, -0.2) is 4.98 Å². The summed E-state index contributed by atoms with van der Waals surface area (Å²) in [5, 5.41) is 2.14. The van der Waals surface area contributed by atoms with Crippen molar-refractivity contribution in [3.63, 3.8) is 0 Å². The summed E-state index contributed by atoms with van der Waals surface area (Å²) >= 11 is 0. The smallest absolute Gasteiger partial charge is 0.270 e. The molecule has 0 bridgehead atoms. The van der Waals surface area contributed by atoms with Crippen molar-refractivity contribution in [1.82, 2.24) is 4.98 Å². The Labute approximate surface area is 70.3 Å². The normalized spacial score (nSPS) is 9.58. The molecule has 2 aromatic rings. The van der Waals surface area contributed by atoms with Crippen LogP contribution in [0.5, 0.6) is 0 Å². The van der Waals surface area contributed by atoms with Gasteiger partial charge in [-0.05, 0) is 11.5 Å². The van der Waals surface area contributed by atoms with Gasteiger partial charge in [0.1, 0.15) is 6.20 Å². The number of pyridine rings is 1. The van der Waals surface area contributed by atoms with Crippen molar-refractivity contribution in [2.45, 2.75) is 0 Å². The van der Waals surface area contributed by atoms with Gasteiger partial charge >= 0.3 is 0 Å². The highest BCUT2D eigenvalue weighted by Gasteiger charge is 1.95. The fourth-order valence-electron chi connectivity index (χ4n) is 1.13. The van der Waals surface area contributed by atoms with Gasteiger partial charge in [-0.25, -0.2) is 0 Å². The van der Waals surface area contributed by atoms with Crippen molar-refractivity contribution in [3.8, 4) is 0 Å². The molecular formula is C10H6N2. The summed E-state index contributed by atoms with van der Waals surface area (Å²) in [4.78, 5) is 7.23. The van der Waals surface area contributed by atoms with Gasteiger partial charge in [-0.1, -0.05) is 30.8 Å². The van der Waals surface area contributed by atoms with E-state index in [0.29, 0.717) is 5.82 Å². The van der Waals surface area contributed by atoms with Gasteiger partial charge in [0.15, 0.2) is 0 Å². The summed E-state index contributed by atoms with van der Waals surface area (Å²) in [6.45, 7) is 6.78. The van der Waals surface area contributed by atoms with Crippen LogP contribution in [0.4, 0.5) is 5.82 Å². The second kappa shape index (κ2) is 2.63. The highest BCUT2D eigenvalue weighted by molar-refractivity contribution is 5.83. The Bertz CT molecular complexity index is 455. The summed E-state index contributed by atoms with van der Waals surface area (Å²) in [6, 6.07) is 9.67. The van der Waals surface area contributed by atoms with E-state index in [1.165, 1.54) is 0 Å². The molecule has 0 N–H and O–H groups in total. The zero-order valence-electron chi connectivity index (χ0n) is 6.36. The maximum Gasteiger partial charge on any atom is 0.270 e. The van der Waals surface area contributed by atoms with Crippen LogP contribution in [0, 0.1) is 6.57 Å². The predicted octanol–water partition coefficient (Wildman–Crippen LogP) is 2.79. The van der Waals surface area contributed by atoms with Crippen molar-refractivity contribution >= 4 is 16.6 Å². The summed E-state index contributed by atoms with van der Waals surface area (Å²) in [5.74, 6) is 0.453. The number of hydrogen-bond donors (Lipinski definition) is 0. The van der Waals surface area contributed by atoms with Gasteiger partial charge in [0.25, 0.3) is 5.82 Å². The lowest BCUT2D eigenvalue weighted by molar-refractivity contribution is 1.39. The van der Waals surface area contributed by atoms with Crippen LogP contribution >= 0.6 is 0 Å². The average molecular weight is 154 g/mol. The number of benzene rings is 1. The lowest BCUT2D eigenvalue weighted by atomic mass is 10.2. The third-order valence-electron chi connectivity index (χ3n) is 1.73. The van der Waals surface area contributed by atoms with Crippen LogP contribution in [0.3, 0.4) is 0 Å². The van der Waals surface area contributed by atoms with E-state index in [-0.39, 0.29) is 0 Å². The predicted molar refractivity (Wildman–Crippen MR) is 48.0 cm³/mol. The van der Waals surface area contributed by atoms with Crippen molar-refractivity contribution in [2.24, 2.45) is 0 Å². The largest absolute Gasteiger partial charge is 0.361 e. The molecule has 0 saturated heterocycles. The topological polar surface area (TPSA) is 17.2 Å². The van der Waals surface area contributed by atoms with E-state index in [1.54, 1.807) is 12.3 Å². The summed E-state index contributed by atoms with van der Waals surface area (Å²) in [7, 11) is 0. The van der Waals surface area contributed by atoms with Gasteiger partial charge in [0.05, 0.1) is 0 Å². The van der Waals surface area contributed by atoms with Gasteiger partial charge in [-0.3, -0.25) is 0 Å². The standard InChI is InChI=1S/C10H6N2/c1-11-10-6-8-4-2-3-5-9(8)7-12-10/h2-7H. The summed E-state index contributed by atoms with van der Waals surface area (Å²) in [6.07, 6.45) is 1.72. The third kappa shape index (κ3) is 1.02. The quantitative estimate of drug-likeness (QED) is 0.533. The molecule has 0 saturated carbocycles. The number of fused-ring (bicyclic) bond motifs is 1. The van der Waals surface area contributed by atoms with Crippen molar-refractivity contribution in [1.29, 1.82) is 0 Å². The van der Waals surface area contributed by atoms with Gasteiger partial charge in [0, 0.05) is 5.39 Å². The lowest BCUT2D eigenvalue weighted by Crippen LogP contribution is -1.74. The molecule has 0 spiro atoms. The minimum absolute atomic E-state index is 0.453. The Morgan fingerprint density at radius 3 is 2.67 bits per heavy atom. The Balaban J connectivity index is 2.78. The van der Waals surface area contributed by atoms with Crippen molar-refractivity contribution in [2.75, 3.05) is 0 Å². The highest BCUT2D eigenvalue weighted by Crippen LogP contribution is 2.17. The van der Waals surface area contributed by atoms with Gasteiger partial charge in [0.2, 0.25) is 0 Å². The monoisotopic (exact) mass is 154 g/mol. The minimum atomic E-state index is 0.453. The van der Waals surface area contributed by atoms with Gasteiger partial charge in [-0.15, -0.1) is 4.98 Å². The molecule has 0 fully saturated rings. The SMILES string of the molecule is [C-]#[N+]c1cc2ccccc2cn1. The van der Waals surface area contributed by atoms with Crippen LogP contribution < -0.4 is 0 Å². The maximum atomic E-state index is 6.78. The molecule has 2 heteroatoms. The first-order valence-electron chi connectivity index (χ1n) is 3.62. The van der Waals surface area contributed by atoms with E-state index < -0.39 is 0 Å². The van der Waals surface area contributed by atoms with Crippen molar-refractivity contribution in [3.05, 3.63) is 47.9 Å². The van der Waals surface area contributed by atoms with E-state index in [9.17, 15) is 0 Å². The second-order valence-corrected chi connectivity index (χ2v) is 2.50. The Kier molecular flexibility index (Phi) is 1.49. The van der Waals surface area contributed by atoms with E-state index in [1.807, 2.05) is 24.3 Å². The Morgan fingerprint density at radius 2 is 1.92 bits per heavy atom. The lowest BCUT2D eigenvalue weighted by Gasteiger charge is -1.93. The molecule has 0 aliphatic carbocycles. The zero-order valence-corrected chi connectivity index (χ0v) is 6.36. The second-order valence-electron chi connectivity index (χ2n) is 2.50.